The lowest BCUT2D eigenvalue weighted by atomic mass is 10.1. The van der Waals surface area contributed by atoms with Gasteiger partial charge in [-0.2, -0.15) is 0 Å². The molecule has 0 aliphatic heterocycles. The van der Waals surface area contributed by atoms with E-state index in [1.165, 1.54) is 6.92 Å². The largest absolute Gasteiger partial charge is 0.376 e. The first-order valence-electron chi connectivity index (χ1n) is 7.17. The van der Waals surface area contributed by atoms with Crippen LogP contribution in [0.3, 0.4) is 0 Å². The molecule has 2 rings (SSSR count). The number of ketones is 1. The summed E-state index contributed by atoms with van der Waals surface area (Å²) in [5, 5.41) is 5.92. The maximum atomic E-state index is 12.0. The van der Waals surface area contributed by atoms with E-state index < -0.39 is 0 Å². The summed E-state index contributed by atoms with van der Waals surface area (Å²) in [5.41, 5.74) is 4.33. The van der Waals surface area contributed by atoms with Crippen LogP contribution < -0.4 is 10.6 Å². The number of anilines is 2. The minimum absolute atomic E-state index is 0.00323. The number of carbonyl (C=O) groups excluding carboxylic acids is 2. The van der Waals surface area contributed by atoms with Crippen LogP contribution in [0.25, 0.3) is 0 Å². The van der Waals surface area contributed by atoms with E-state index in [0.717, 1.165) is 22.5 Å². The standard InChI is InChI=1S/C18H20N2O2/c1-12-7-8-13(2)17(9-12)20-18(22)11-19-16-6-4-5-15(10-16)14(3)21/h4-10,19H,11H2,1-3H3,(H,20,22). The first-order chi connectivity index (χ1) is 10.5. The normalized spacial score (nSPS) is 10.1. The van der Waals surface area contributed by atoms with Crippen LogP contribution in [0.4, 0.5) is 11.4 Å². The highest BCUT2D eigenvalue weighted by Gasteiger charge is 2.06. The molecule has 2 aromatic rings. The number of hydrogen-bond acceptors (Lipinski definition) is 3. The molecule has 1 amide bonds. The molecular weight excluding hydrogens is 276 g/mol. The second-order valence-corrected chi connectivity index (χ2v) is 5.36. The molecule has 0 fully saturated rings. The van der Waals surface area contributed by atoms with Gasteiger partial charge in [0.1, 0.15) is 0 Å². The van der Waals surface area contributed by atoms with Crippen molar-refractivity contribution < 1.29 is 9.59 Å². The Kier molecular flexibility index (Phi) is 4.94. The Morgan fingerprint density at radius 1 is 1.05 bits per heavy atom. The maximum absolute atomic E-state index is 12.0. The molecule has 2 aromatic carbocycles. The minimum atomic E-state index is -0.123. The predicted molar refractivity (Wildman–Crippen MR) is 89.5 cm³/mol. The fourth-order valence-electron chi connectivity index (χ4n) is 2.10. The van der Waals surface area contributed by atoms with Crippen molar-refractivity contribution in [3.8, 4) is 0 Å². The first-order valence-corrected chi connectivity index (χ1v) is 7.17. The van der Waals surface area contributed by atoms with E-state index in [9.17, 15) is 9.59 Å². The number of aryl methyl sites for hydroxylation is 2. The summed E-state index contributed by atoms with van der Waals surface area (Å²) < 4.78 is 0. The van der Waals surface area contributed by atoms with Crippen molar-refractivity contribution in [3.63, 3.8) is 0 Å². The zero-order chi connectivity index (χ0) is 16.1. The predicted octanol–water partition coefficient (Wildman–Crippen LogP) is 3.56. The molecule has 4 nitrogen and oxygen atoms in total. The molecule has 0 heterocycles. The molecule has 0 spiro atoms. The summed E-state index contributed by atoms with van der Waals surface area (Å²) in [6, 6.07) is 13.1. The van der Waals surface area contributed by atoms with Gasteiger partial charge in [-0.05, 0) is 50.1 Å². The fraction of sp³-hybridized carbons (Fsp3) is 0.222. The van der Waals surface area contributed by atoms with Gasteiger partial charge in [-0.25, -0.2) is 0 Å². The van der Waals surface area contributed by atoms with Crippen molar-refractivity contribution in [1.29, 1.82) is 0 Å². The van der Waals surface area contributed by atoms with Crippen LogP contribution in [-0.4, -0.2) is 18.2 Å². The highest BCUT2D eigenvalue weighted by atomic mass is 16.2. The van der Waals surface area contributed by atoms with Gasteiger partial charge in [-0.15, -0.1) is 0 Å². The molecular formula is C18H20N2O2. The van der Waals surface area contributed by atoms with Crippen LogP contribution in [0.1, 0.15) is 28.4 Å². The average Bonchev–Trinajstić information content (AvgIpc) is 2.49. The van der Waals surface area contributed by atoms with Crippen LogP contribution in [0.5, 0.6) is 0 Å². The molecule has 114 valence electrons. The molecule has 0 atom stereocenters. The van der Waals surface area contributed by atoms with Crippen molar-refractivity contribution in [2.24, 2.45) is 0 Å². The summed E-state index contributed by atoms with van der Waals surface area (Å²) >= 11 is 0. The number of Topliss-reactive ketones (excluding diaryl/α,β-unsaturated/α-hetero) is 1. The Morgan fingerprint density at radius 2 is 1.82 bits per heavy atom. The van der Waals surface area contributed by atoms with Gasteiger partial charge in [0, 0.05) is 16.9 Å². The van der Waals surface area contributed by atoms with E-state index in [2.05, 4.69) is 10.6 Å². The third kappa shape index (κ3) is 4.19. The summed E-state index contributed by atoms with van der Waals surface area (Å²) in [6.07, 6.45) is 0. The van der Waals surface area contributed by atoms with Gasteiger partial charge in [-0.3, -0.25) is 9.59 Å². The minimum Gasteiger partial charge on any atom is -0.376 e. The van der Waals surface area contributed by atoms with Gasteiger partial charge >= 0.3 is 0 Å². The second-order valence-electron chi connectivity index (χ2n) is 5.36. The van der Waals surface area contributed by atoms with Gasteiger partial charge in [0.05, 0.1) is 6.54 Å². The van der Waals surface area contributed by atoms with Crippen molar-refractivity contribution in [3.05, 3.63) is 59.2 Å². The van der Waals surface area contributed by atoms with Crippen molar-refractivity contribution >= 4 is 23.1 Å². The van der Waals surface area contributed by atoms with Crippen molar-refractivity contribution in [2.45, 2.75) is 20.8 Å². The number of carbonyl (C=O) groups is 2. The lowest BCUT2D eigenvalue weighted by molar-refractivity contribution is -0.114. The summed E-state index contributed by atoms with van der Waals surface area (Å²) in [5.74, 6) is -0.120. The molecule has 0 radical (unpaired) electrons. The number of benzene rings is 2. The van der Waals surface area contributed by atoms with Gasteiger partial charge in [0.25, 0.3) is 0 Å². The summed E-state index contributed by atoms with van der Waals surface area (Å²) in [4.78, 5) is 23.4. The third-order valence-corrected chi connectivity index (χ3v) is 3.39. The Balaban J connectivity index is 1.97. The quantitative estimate of drug-likeness (QED) is 0.829. The third-order valence-electron chi connectivity index (χ3n) is 3.39. The van der Waals surface area contributed by atoms with Crippen molar-refractivity contribution in [2.75, 3.05) is 17.2 Å². The van der Waals surface area contributed by atoms with E-state index >= 15 is 0 Å². The molecule has 2 N–H and O–H groups in total. The molecule has 0 unspecified atom stereocenters. The summed E-state index contributed by atoms with van der Waals surface area (Å²) in [7, 11) is 0. The van der Waals surface area contributed by atoms with Gasteiger partial charge in [0.15, 0.2) is 5.78 Å². The monoisotopic (exact) mass is 296 g/mol. The van der Waals surface area contributed by atoms with E-state index in [4.69, 9.17) is 0 Å². The first kappa shape index (κ1) is 15.8. The van der Waals surface area contributed by atoms with E-state index in [0.29, 0.717) is 5.56 Å². The molecule has 0 bridgehead atoms. The fourth-order valence-corrected chi connectivity index (χ4v) is 2.10. The molecule has 0 aliphatic carbocycles. The molecule has 0 saturated carbocycles. The molecule has 0 aliphatic rings. The molecule has 0 saturated heterocycles. The van der Waals surface area contributed by atoms with Crippen molar-refractivity contribution in [1.82, 2.24) is 0 Å². The topological polar surface area (TPSA) is 58.2 Å². The number of hydrogen-bond donors (Lipinski definition) is 2. The zero-order valence-corrected chi connectivity index (χ0v) is 13.1. The van der Waals surface area contributed by atoms with Gasteiger partial charge < -0.3 is 10.6 Å². The molecule has 22 heavy (non-hydrogen) atoms. The van der Waals surface area contributed by atoms with Crippen LogP contribution in [0.2, 0.25) is 0 Å². The van der Waals surface area contributed by atoms with Gasteiger partial charge in [-0.1, -0.05) is 24.3 Å². The Hall–Kier alpha value is -2.62. The van der Waals surface area contributed by atoms with E-state index in [1.807, 2.05) is 38.1 Å². The van der Waals surface area contributed by atoms with Crippen LogP contribution >= 0.6 is 0 Å². The maximum Gasteiger partial charge on any atom is 0.243 e. The second kappa shape index (κ2) is 6.89. The highest BCUT2D eigenvalue weighted by molar-refractivity contribution is 5.96. The van der Waals surface area contributed by atoms with Crippen LogP contribution in [-0.2, 0) is 4.79 Å². The number of rotatable bonds is 5. The number of nitrogens with one attached hydrogen (secondary N) is 2. The summed E-state index contributed by atoms with van der Waals surface area (Å²) in [6.45, 7) is 5.61. The Labute approximate surface area is 130 Å². The SMILES string of the molecule is CC(=O)c1cccc(NCC(=O)Nc2cc(C)ccc2C)c1. The molecule has 0 aromatic heterocycles. The Morgan fingerprint density at radius 3 is 2.55 bits per heavy atom. The highest BCUT2D eigenvalue weighted by Crippen LogP contribution is 2.16. The van der Waals surface area contributed by atoms with Crippen LogP contribution in [0, 0.1) is 13.8 Å². The average molecular weight is 296 g/mol. The molecule has 4 heteroatoms. The van der Waals surface area contributed by atoms with E-state index in [-0.39, 0.29) is 18.2 Å². The lowest BCUT2D eigenvalue weighted by Crippen LogP contribution is -2.22. The Bertz CT molecular complexity index is 708. The van der Waals surface area contributed by atoms with Crippen LogP contribution in [0.15, 0.2) is 42.5 Å². The lowest BCUT2D eigenvalue weighted by Gasteiger charge is -2.11. The zero-order valence-electron chi connectivity index (χ0n) is 13.1. The van der Waals surface area contributed by atoms with Gasteiger partial charge in [0.2, 0.25) is 5.91 Å². The smallest absolute Gasteiger partial charge is 0.243 e. The van der Waals surface area contributed by atoms with E-state index in [1.54, 1.807) is 18.2 Å². The number of amides is 1.